The number of aromatic nitrogens is 2. The lowest BCUT2D eigenvalue weighted by Crippen LogP contribution is -2.27. The van der Waals surface area contributed by atoms with Crippen LogP contribution in [0.4, 0.5) is 11.4 Å². The van der Waals surface area contributed by atoms with Crippen LogP contribution < -0.4 is 10.1 Å². The summed E-state index contributed by atoms with van der Waals surface area (Å²) in [6.45, 7) is 0. The molecule has 1 aromatic carbocycles. The number of H-pyrrole nitrogens is 1. The van der Waals surface area contributed by atoms with E-state index in [0.717, 1.165) is 16.9 Å². The molecule has 29 heavy (non-hydrogen) atoms. The van der Waals surface area contributed by atoms with Crippen LogP contribution in [0.5, 0.6) is 5.75 Å². The van der Waals surface area contributed by atoms with E-state index in [4.69, 9.17) is 9.47 Å². The fourth-order valence-electron chi connectivity index (χ4n) is 3.73. The Hall–Kier alpha value is -3.61. The highest BCUT2D eigenvalue weighted by Gasteiger charge is 2.35. The topological polar surface area (TPSA) is 93.3 Å². The van der Waals surface area contributed by atoms with Gasteiger partial charge >= 0.3 is 5.97 Å². The minimum Gasteiger partial charge on any atom is -0.494 e. The average molecular weight is 391 g/mol. The van der Waals surface area contributed by atoms with E-state index in [-0.39, 0.29) is 18.2 Å². The van der Waals surface area contributed by atoms with Crippen LogP contribution in [0.15, 0.2) is 48.8 Å². The molecule has 0 saturated heterocycles. The number of Topliss-reactive ketones (excluding diaryl/α,β-unsaturated/α-hetero) is 1. The Morgan fingerprint density at radius 2 is 1.97 bits per heavy atom. The molecular formula is C22H21N3O4. The molecule has 2 heterocycles. The molecule has 0 spiro atoms. The SMILES string of the molecule is COC(=O)C1CC(=O)c2c([nH]c(-c3ccncc3OC)c2Nc2ccccc2)C1. The number of fused-ring (bicyclic) bond motifs is 1. The summed E-state index contributed by atoms with van der Waals surface area (Å²) in [6.07, 6.45) is 3.82. The van der Waals surface area contributed by atoms with Crippen molar-refractivity contribution in [2.75, 3.05) is 19.5 Å². The van der Waals surface area contributed by atoms with E-state index >= 15 is 0 Å². The number of hydrogen-bond acceptors (Lipinski definition) is 6. The van der Waals surface area contributed by atoms with Crippen LogP contribution in [0, 0.1) is 5.92 Å². The van der Waals surface area contributed by atoms with Crippen molar-refractivity contribution in [1.82, 2.24) is 9.97 Å². The third-order valence-corrected chi connectivity index (χ3v) is 5.09. The highest BCUT2D eigenvalue weighted by molar-refractivity contribution is 6.09. The highest BCUT2D eigenvalue weighted by atomic mass is 16.5. The summed E-state index contributed by atoms with van der Waals surface area (Å²) in [5, 5.41) is 3.37. The molecule has 0 bridgehead atoms. The molecule has 1 atom stereocenters. The molecule has 4 rings (SSSR count). The maximum absolute atomic E-state index is 13.0. The summed E-state index contributed by atoms with van der Waals surface area (Å²) in [6, 6.07) is 11.5. The van der Waals surface area contributed by atoms with Crippen molar-refractivity contribution in [1.29, 1.82) is 0 Å². The first-order valence-corrected chi connectivity index (χ1v) is 9.28. The predicted molar refractivity (Wildman–Crippen MR) is 108 cm³/mol. The van der Waals surface area contributed by atoms with E-state index in [1.165, 1.54) is 7.11 Å². The third kappa shape index (κ3) is 3.47. The zero-order valence-corrected chi connectivity index (χ0v) is 16.2. The summed E-state index contributed by atoms with van der Waals surface area (Å²) in [4.78, 5) is 32.5. The Balaban J connectivity index is 1.87. The summed E-state index contributed by atoms with van der Waals surface area (Å²) in [5.41, 5.74) is 4.30. The van der Waals surface area contributed by atoms with Gasteiger partial charge in [-0.3, -0.25) is 14.6 Å². The molecule has 3 aromatic rings. The highest BCUT2D eigenvalue weighted by Crippen LogP contribution is 2.42. The number of para-hydroxylation sites is 1. The van der Waals surface area contributed by atoms with Gasteiger partial charge in [-0.15, -0.1) is 0 Å². The van der Waals surface area contributed by atoms with E-state index in [9.17, 15) is 9.59 Å². The predicted octanol–water partition coefficient (Wildman–Crippen LogP) is 3.75. The maximum atomic E-state index is 13.0. The molecular weight excluding hydrogens is 370 g/mol. The molecule has 1 aliphatic carbocycles. The van der Waals surface area contributed by atoms with Gasteiger partial charge in [-0.25, -0.2) is 0 Å². The number of esters is 1. The van der Waals surface area contributed by atoms with Crippen molar-refractivity contribution in [2.45, 2.75) is 12.8 Å². The summed E-state index contributed by atoms with van der Waals surface area (Å²) >= 11 is 0. The summed E-state index contributed by atoms with van der Waals surface area (Å²) < 4.78 is 10.3. The van der Waals surface area contributed by atoms with Crippen molar-refractivity contribution < 1.29 is 19.1 Å². The van der Waals surface area contributed by atoms with Gasteiger partial charge in [0.2, 0.25) is 0 Å². The van der Waals surface area contributed by atoms with Gasteiger partial charge in [0.15, 0.2) is 5.78 Å². The summed E-state index contributed by atoms with van der Waals surface area (Å²) in [7, 11) is 2.92. The van der Waals surface area contributed by atoms with Crippen LogP contribution in [0.1, 0.15) is 22.5 Å². The molecule has 1 unspecified atom stereocenters. The molecule has 0 saturated carbocycles. The zero-order valence-electron chi connectivity index (χ0n) is 16.2. The van der Waals surface area contributed by atoms with Gasteiger partial charge in [0.05, 0.1) is 43.3 Å². The first kappa shape index (κ1) is 18.7. The fourth-order valence-corrected chi connectivity index (χ4v) is 3.73. The Bertz CT molecular complexity index is 1060. The lowest BCUT2D eigenvalue weighted by atomic mass is 9.86. The van der Waals surface area contributed by atoms with E-state index in [2.05, 4.69) is 15.3 Å². The molecule has 0 radical (unpaired) electrons. The van der Waals surface area contributed by atoms with Gasteiger partial charge in [-0.1, -0.05) is 18.2 Å². The van der Waals surface area contributed by atoms with Crippen LogP contribution in [0.25, 0.3) is 11.3 Å². The molecule has 1 aliphatic rings. The second kappa shape index (κ2) is 7.79. The van der Waals surface area contributed by atoms with Gasteiger partial charge in [-0.05, 0) is 18.2 Å². The number of rotatable bonds is 5. The number of nitrogens with zero attached hydrogens (tertiary/aromatic N) is 1. The monoisotopic (exact) mass is 391 g/mol. The van der Waals surface area contributed by atoms with E-state index in [0.29, 0.717) is 29.1 Å². The van der Waals surface area contributed by atoms with Crippen LogP contribution in [0.2, 0.25) is 0 Å². The normalized spacial score (nSPS) is 15.5. The van der Waals surface area contributed by atoms with Crippen LogP contribution in [0.3, 0.4) is 0 Å². The standard InChI is InChI=1S/C22H21N3O4/c1-28-18-12-23-9-8-15(18)20-21(24-14-6-4-3-5-7-14)19-16(25-20)10-13(11-17(19)26)22(27)29-2/h3-9,12-13,24-25H,10-11H2,1-2H3. The molecule has 2 N–H and O–H groups in total. The maximum Gasteiger partial charge on any atom is 0.309 e. The number of anilines is 2. The lowest BCUT2D eigenvalue weighted by Gasteiger charge is -2.20. The molecule has 148 valence electrons. The number of aromatic amines is 1. The van der Waals surface area contributed by atoms with Crippen LogP contribution >= 0.6 is 0 Å². The van der Waals surface area contributed by atoms with Gasteiger partial charge in [-0.2, -0.15) is 0 Å². The number of nitrogens with one attached hydrogen (secondary N) is 2. The molecule has 0 amide bonds. The van der Waals surface area contributed by atoms with Gasteiger partial charge in [0, 0.05) is 36.0 Å². The Morgan fingerprint density at radius 1 is 1.17 bits per heavy atom. The third-order valence-electron chi connectivity index (χ3n) is 5.09. The van der Waals surface area contributed by atoms with E-state index in [1.807, 2.05) is 36.4 Å². The first-order valence-electron chi connectivity index (χ1n) is 9.28. The lowest BCUT2D eigenvalue weighted by molar-refractivity contribution is -0.145. The number of methoxy groups -OCH3 is 2. The Kier molecular flexibility index (Phi) is 5.03. The smallest absolute Gasteiger partial charge is 0.309 e. The molecule has 0 fully saturated rings. The number of hydrogen-bond donors (Lipinski definition) is 2. The molecule has 7 heteroatoms. The second-order valence-corrected chi connectivity index (χ2v) is 6.85. The number of pyridine rings is 1. The summed E-state index contributed by atoms with van der Waals surface area (Å²) in [5.74, 6) is -0.385. The fraction of sp³-hybridized carbons (Fsp3) is 0.227. The van der Waals surface area contributed by atoms with E-state index < -0.39 is 5.92 Å². The Labute approximate surface area is 168 Å². The minimum absolute atomic E-state index is 0.101. The van der Waals surface area contributed by atoms with Gasteiger partial charge in [0.25, 0.3) is 0 Å². The van der Waals surface area contributed by atoms with Crippen molar-refractivity contribution in [3.8, 4) is 17.0 Å². The van der Waals surface area contributed by atoms with Crippen molar-refractivity contribution >= 4 is 23.1 Å². The number of carbonyl (C=O) groups excluding carboxylic acids is 2. The number of ketones is 1. The number of ether oxygens (including phenoxy) is 2. The minimum atomic E-state index is -0.490. The van der Waals surface area contributed by atoms with Crippen molar-refractivity contribution in [3.05, 3.63) is 60.0 Å². The number of benzene rings is 1. The zero-order chi connectivity index (χ0) is 20.4. The van der Waals surface area contributed by atoms with Crippen molar-refractivity contribution in [3.63, 3.8) is 0 Å². The second-order valence-electron chi connectivity index (χ2n) is 6.85. The van der Waals surface area contributed by atoms with Crippen LogP contribution in [-0.4, -0.2) is 35.9 Å². The number of carbonyl (C=O) groups is 2. The van der Waals surface area contributed by atoms with Crippen molar-refractivity contribution in [2.24, 2.45) is 5.92 Å². The van der Waals surface area contributed by atoms with E-state index in [1.54, 1.807) is 19.5 Å². The van der Waals surface area contributed by atoms with Crippen LogP contribution in [-0.2, 0) is 16.0 Å². The van der Waals surface area contributed by atoms with Gasteiger partial charge < -0.3 is 19.8 Å². The Morgan fingerprint density at radius 3 is 2.69 bits per heavy atom. The quantitative estimate of drug-likeness (QED) is 0.644. The molecule has 2 aromatic heterocycles. The largest absolute Gasteiger partial charge is 0.494 e. The first-order chi connectivity index (χ1) is 14.1. The van der Waals surface area contributed by atoms with Gasteiger partial charge in [0.1, 0.15) is 5.75 Å². The molecule has 0 aliphatic heterocycles. The molecule has 7 nitrogen and oxygen atoms in total. The average Bonchev–Trinajstić information content (AvgIpc) is 3.12.